The van der Waals surface area contributed by atoms with Crippen LogP contribution in [0.2, 0.25) is 0 Å². The van der Waals surface area contributed by atoms with Gasteiger partial charge >= 0.3 is 0 Å². The van der Waals surface area contributed by atoms with Crippen molar-refractivity contribution in [2.24, 2.45) is 4.99 Å². The number of sulfone groups is 1. The number of aliphatic imine (C=N–C) groups is 1. The molecule has 1 fully saturated rings. The fourth-order valence-electron chi connectivity index (χ4n) is 4.17. The number of fused-ring (bicyclic) bond motifs is 1. The van der Waals surface area contributed by atoms with Crippen molar-refractivity contribution >= 4 is 44.0 Å². The summed E-state index contributed by atoms with van der Waals surface area (Å²) in [4.78, 5) is 19.3. The average molecular weight is 490 g/mol. The third-order valence-electron chi connectivity index (χ3n) is 5.76. The predicted octanol–water partition coefficient (Wildman–Crippen LogP) is 2.98. The Morgan fingerprint density at radius 2 is 1.97 bits per heavy atom. The summed E-state index contributed by atoms with van der Waals surface area (Å²) in [5.41, 5.74) is 2.54. The molecule has 0 aliphatic carbocycles. The van der Waals surface area contributed by atoms with Crippen LogP contribution >= 0.6 is 11.8 Å². The molecule has 0 radical (unpaired) electrons. The molecule has 0 unspecified atom stereocenters. The Hall–Kier alpha value is -2.72. The van der Waals surface area contributed by atoms with Gasteiger partial charge in [0.25, 0.3) is 0 Å². The van der Waals surface area contributed by atoms with E-state index in [9.17, 15) is 13.2 Å². The smallest absolute Gasteiger partial charge is 0.234 e. The standard InChI is InChI=1S/C23H27N3O5S2/c1-4-15-7-5-6-8-17(15)24-22(27)12-32-23-25-18-13-33(28,29)14-20(18)26(23)19-11-16(30-2)9-10-21(19)31-3/h5-11,18,20H,4,12-14H2,1-3H3,(H,24,27)/t18-,20-/m1/s1. The molecule has 2 atom stereocenters. The van der Waals surface area contributed by atoms with Crippen LogP contribution in [-0.2, 0) is 21.1 Å². The molecule has 1 amide bonds. The molecule has 0 aromatic heterocycles. The summed E-state index contributed by atoms with van der Waals surface area (Å²) >= 11 is 1.29. The maximum Gasteiger partial charge on any atom is 0.234 e. The van der Waals surface area contributed by atoms with Gasteiger partial charge < -0.3 is 19.7 Å². The Balaban J connectivity index is 1.58. The maximum absolute atomic E-state index is 12.7. The summed E-state index contributed by atoms with van der Waals surface area (Å²) in [6.45, 7) is 2.04. The molecule has 2 heterocycles. The number of nitrogens with one attached hydrogen (secondary N) is 1. The quantitative estimate of drug-likeness (QED) is 0.639. The predicted molar refractivity (Wildman–Crippen MR) is 133 cm³/mol. The lowest BCUT2D eigenvalue weighted by Gasteiger charge is -2.28. The van der Waals surface area contributed by atoms with E-state index in [-0.39, 0.29) is 35.2 Å². The van der Waals surface area contributed by atoms with Gasteiger partial charge in [-0.2, -0.15) is 0 Å². The first-order chi connectivity index (χ1) is 15.8. The Labute approximate surface area is 198 Å². The van der Waals surface area contributed by atoms with Crippen molar-refractivity contribution in [2.75, 3.05) is 41.7 Å². The van der Waals surface area contributed by atoms with Crippen molar-refractivity contribution in [1.82, 2.24) is 0 Å². The van der Waals surface area contributed by atoms with Gasteiger partial charge in [-0.3, -0.25) is 9.79 Å². The van der Waals surface area contributed by atoms with Crippen LogP contribution in [0.4, 0.5) is 11.4 Å². The molecule has 2 aromatic carbocycles. The van der Waals surface area contributed by atoms with Crippen LogP contribution in [0.25, 0.3) is 0 Å². The Morgan fingerprint density at radius 3 is 2.70 bits per heavy atom. The number of hydrogen-bond donors (Lipinski definition) is 1. The molecular formula is C23H27N3O5S2. The summed E-state index contributed by atoms with van der Waals surface area (Å²) in [6.07, 6.45) is 0.817. The van der Waals surface area contributed by atoms with Crippen molar-refractivity contribution in [2.45, 2.75) is 25.4 Å². The highest BCUT2D eigenvalue weighted by atomic mass is 32.2. The van der Waals surface area contributed by atoms with Gasteiger partial charge in [0.2, 0.25) is 5.91 Å². The molecule has 2 aliphatic rings. The summed E-state index contributed by atoms with van der Waals surface area (Å²) in [7, 11) is -0.0617. The summed E-state index contributed by atoms with van der Waals surface area (Å²) in [6, 6.07) is 12.4. The fraction of sp³-hybridized carbons (Fsp3) is 0.391. The number of anilines is 2. The number of methoxy groups -OCH3 is 2. The zero-order valence-corrected chi connectivity index (χ0v) is 20.4. The zero-order valence-electron chi connectivity index (χ0n) is 18.8. The minimum atomic E-state index is -3.19. The lowest BCUT2D eigenvalue weighted by Crippen LogP contribution is -2.39. The number of amidine groups is 1. The fourth-order valence-corrected chi connectivity index (χ4v) is 6.93. The highest BCUT2D eigenvalue weighted by molar-refractivity contribution is 8.14. The highest BCUT2D eigenvalue weighted by Gasteiger charge is 2.48. The van der Waals surface area contributed by atoms with Gasteiger partial charge in [-0.15, -0.1) is 0 Å². The number of thioether (sulfide) groups is 1. The van der Waals surface area contributed by atoms with Crippen molar-refractivity contribution in [1.29, 1.82) is 0 Å². The molecule has 4 rings (SSSR count). The second-order valence-electron chi connectivity index (χ2n) is 7.88. The van der Waals surface area contributed by atoms with Crippen LogP contribution in [0.1, 0.15) is 12.5 Å². The molecule has 1 N–H and O–H groups in total. The van der Waals surface area contributed by atoms with Gasteiger partial charge in [-0.25, -0.2) is 8.42 Å². The molecule has 0 saturated carbocycles. The number of amides is 1. The lowest BCUT2D eigenvalue weighted by molar-refractivity contribution is -0.113. The summed E-state index contributed by atoms with van der Waals surface area (Å²) < 4.78 is 35.5. The first-order valence-electron chi connectivity index (χ1n) is 10.6. The molecule has 0 spiro atoms. The zero-order chi connectivity index (χ0) is 23.6. The Kier molecular flexibility index (Phi) is 6.85. The topological polar surface area (TPSA) is 97.3 Å². The molecule has 33 heavy (non-hydrogen) atoms. The number of hydrogen-bond acceptors (Lipinski definition) is 8. The second kappa shape index (κ2) is 9.64. The van der Waals surface area contributed by atoms with Crippen molar-refractivity contribution in [3.05, 3.63) is 48.0 Å². The highest BCUT2D eigenvalue weighted by Crippen LogP contribution is 2.41. The normalized spacial score (nSPS) is 20.8. The number of benzene rings is 2. The number of carbonyl (C=O) groups is 1. The minimum absolute atomic E-state index is 0.000578. The van der Waals surface area contributed by atoms with Crippen molar-refractivity contribution in [3.8, 4) is 11.5 Å². The Bertz CT molecular complexity index is 1180. The average Bonchev–Trinajstić information content (AvgIpc) is 3.28. The number of rotatable bonds is 7. The number of carbonyl (C=O) groups excluding carboxylic acids is 1. The maximum atomic E-state index is 12.7. The molecule has 0 bridgehead atoms. The number of para-hydroxylation sites is 1. The summed E-state index contributed by atoms with van der Waals surface area (Å²) in [5, 5.41) is 3.57. The van der Waals surface area contributed by atoms with E-state index in [0.29, 0.717) is 22.4 Å². The van der Waals surface area contributed by atoms with E-state index in [1.54, 1.807) is 32.4 Å². The van der Waals surface area contributed by atoms with Crippen LogP contribution < -0.4 is 19.7 Å². The van der Waals surface area contributed by atoms with Gasteiger partial charge in [-0.1, -0.05) is 36.9 Å². The largest absolute Gasteiger partial charge is 0.497 e. The van der Waals surface area contributed by atoms with Crippen LogP contribution in [0.15, 0.2) is 47.5 Å². The SMILES string of the molecule is CCc1ccccc1NC(=O)CSC1=N[C@@H]2CS(=O)(=O)C[C@H]2N1c1cc(OC)ccc1OC. The number of nitrogens with zero attached hydrogens (tertiary/aromatic N) is 2. The monoisotopic (exact) mass is 489 g/mol. The minimum Gasteiger partial charge on any atom is -0.497 e. The van der Waals surface area contributed by atoms with E-state index in [1.807, 2.05) is 36.1 Å². The van der Waals surface area contributed by atoms with E-state index in [4.69, 9.17) is 14.5 Å². The summed E-state index contributed by atoms with van der Waals surface area (Å²) in [5.74, 6) is 1.20. The molecule has 2 aliphatic heterocycles. The van der Waals surface area contributed by atoms with Crippen LogP contribution in [0.5, 0.6) is 11.5 Å². The van der Waals surface area contributed by atoms with Gasteiger partial charge in [0.1, 0.15) is 11.5 Å². The molecular weight excluding hydrogens is 462 g/mol. The third-order valence-corrected chi connectivity index (χ3v) is 8.42. The lowest BCUT2D eigenvalue weighted by atomic mass is 10.1. The first kappa shape index (κ1) is 23.4. The second-order valence-corrected chi connectivity index (χ2v) is 11.0. The third kappa shape index (κ3) is 4.96. The van der Waals surface area contributed by atoms with Crippen LogP contribution in [-0.4, -0.2) is 63.1 Å². The Morgan fingerprint density at radius 1 is 1.18 bits per heavy atom. The molecule has 1 saturated heterocycles. The van der Waals surface area contributed by atoms with E-state index >= 15 is 0 Å². The van der Waals surface area contributed by atoms with E-state index in [0.717, 1.165) is 17.7 Å². The molecule has 10 heteroatoms. The number of ether oxygens (including phenoxy) is 2. The van der Waals surface area contributed by atoms with Crippen molar-refractivity contribution < 1.29 is 22.7 Å². The van der Waals surface area contributed by atoms with Gasteiger partial charge in [0.05, 0.1) is 49.2 Å². The van der Waals surface area contributed by atoms with E-state index < -0.39 is 9.84 Å². The van der Waals surface area contributed by atoms with E-state index in [1.165, 1.54) is 11.8 Å². The van der Waals surface area contributed by atoms with Crippen molar-refractivity contribution in [3.63, 3.8) is 0 Å². The van der Waals surface area contributed by atoms with Crippen LogP contribution in [0.3, 0.4) is 0 Å². The van der Waals surface area contributed by atoms with Gasteiger partial charge in [0, 0.05) is 11.8 Å². The van der Waals surface area contributed by atoms with Gasteiger partial charge in [-0.05, 0) is 30.2 Å². The molecule has 176 valence electrons. The molecule has 8 nitrogen and oxygen atoms in total. The first-order valence-corrected chi connectivity index (χ1v) is 13.5. The molecule has 2 aromatic rings. The number of aryl methyl sites for hydroxylation is 1. The van der Waals surface area contributed by atoms with E-state index in [2.05, 4.69) is 5.32 Å². The van der Waals surface area contributed by atoms with Crippen LogP contribution in [0, 0.1) is 0 Å². The van der Waals surface area contributed by atoms with Gasteiger partial charge in [0.15, 0.2) is 15.0 Å².